The zero-order chi connectivity index (χ0) is 18.5. The van der Waals surface area contributed by atoms with Gasteiger partial charge >= 0.3 is 0 Å². The fourth-order valence-corrected chi connectivity index (χ4v) is 3.16. The summed E-state index contributed by atoms with van der Waals surface area (Å²) in [6.07, 6.45) is 3.11. The molecule has 2 aromatic heterocycles. The van der Waals surface area contributed by atoms with Crippen LogP contribution in [0.1, 0.15) is 17.3 Å². The minimum atomic E-state index is -0.349. The normalized spacial score (nSPS) is 15.4. The number of nitrogens with one attached hydrogen (secondary N) is 1. The zero-order valence-electron chi connectivity index (χ0n) is 14.9. The summed E-state index contributed by atoms with van der Waals surface area (Å²) in [7, 11) is 0. The maximum Gasteiger partial charge on any atom is 0.141 e. The minimum Gasteiger partial charge on any atom is -0.378 e. The standard InChI is InChI=1S/C21H21FN4O/c22-17-6-8-19(23-14-17)21(16-4-2-1-3-5-16)25-20-9-7-18(15-24-20)26-10-12-27-13-11-26/h1-9,14-15,21H,10-13H2,(H,24,25). The molecule has 1 N–H and O–H groups in total. The van der Waals surface area contributed by atoms with Crippen LogP contribution in [-0.2, 0) is 4.74 Å². The SMILES string of the molecule is Fc1ccc(C(Nc2ccc(N3CCOCC3)cn2)c2ccccc2)nc1. The quantitative estimate of drug-likeness (QED) is 0.749. The second kappa shape index (κ2) is 8.14. The van der Waals surface area contributed by atoms with E-state index in [-0.39, 0.29) is 11.9 Å². The summed E-state index contributed by atoms with van der Waals surface area (Å²) in [4.78, 5) is 11.1. The summed E-state index contributed by atoms with van der Waals surface area (Å²) >= 11 is 0. The summed E-state index contributed by atoms with van der Waals surface area (Å²) in [5.41, 5.74) is 2.86. The Hall–Kier alpha value is -2.99. The zero-order valence-corrected chi connectivity index (χ0v) is 14.9. The predicted octanol–water partition coefficient (Wildman–Crippen LogP) is 3.65. The van der Waals surface area contributed by atoms with Crippen molar-refractivity contribution in [1.82, 2.24) is 9.97 Å². The number of halogens is 1. The van der Waals surface area contributed by atoms with Crippen LogP contribution in [0, 0.1) is 5.82 Å². The maximum absolute atomic E-state index is 13.3. The molecule has 1 unspecified atom stereocenters. The molecule has 3 aromatic rings. The molecule has 5 nitrogen and oxygen atoms in total. The maximum atomic E-state index is 13.3. The third-order valence-electron chi connectivity index (χ3n) is 4.60. The monoisotopic (exact) mass is 364 g/mol. The molecule has 1 aromatic carbocycles. The summed E-state index contributed by atoms with van der Waals surface area (Å²) in [5, 5.41) is 3.42. The van der Waals surface area contributed by atoms with Crippen LogP contribution >= 0.6 is 0 Å². The Kier molecular flexibility index (Phi) is 5.25. The molecule has 1 atom stereocenters. The lowest BCUT2D eigenvalue weighted by Gasteiger charge is -2.28. The van der Waals surface area contributed by atoms with Gasteiger partial charge in [0.05, 0.1) is 43.0 Å². The fraction of sp³-hybridized carbons (Fsp3) is 0.238. The topological polar surface area (TPSA) is 50.3 Å². The highest BCUT2D eigenvalue weighted by Gasteiger charge is 2.17. The highest BCUT2D eigenvalue weighted by Crippen LogP contribution is 2.25. The van der Waals surface area contributed by atoms with Crippen molar-refractivity contribution in [3.63, 3.8) is 0 Å². The van der Waals surface area contributed by atoms with Crippen molar-refractivity contribution in [2.24, 2.45) is 0 Å². The van der Waals surface area contributed by atoms with E-state index in [0.29, 0.717) is 0 Å². The smallest absolute Gasteiger partial charge is 0.141 e. The molecule has 138 valence electrons. The molecule has 0 spiro atoms. The predicted molar refractivity (Wildman–Crippen MR) is 103 cm³/mol. The summed E-state index contributed by atoms with van der Waals surface area (Å²) in [5.74, 6) is 0.394. The van der Waals surface area contributed by atoms with Gasteiger partial charge in [-0.05, 0) is 29.8 Å². The van der Waals surface area contributed by atoms with E-state index in [9.17, 15) is 4.39 Å². The van der Waals surface area contributed by atoms with Gasteiger partial charge in [0.1, 0.15) is 11.6 Å². The second-order valence-electron chi connectivity index (χ2n) is 6.39. The van der Waals surface area contributed by atoms with Crippen LogP contribution in [0.25, 0.3) is 0 Å². The van der Waals surface area contributed by atoms with E-state index in [0.717, 1.165) is 49.1 Å². The van der Waals surface area contributed by atoms with E-state index in [2.05, 4.69) is 26.3 Å². The molecule has 3 heterocycles. The highest BCUT2D eigenvalue weighted by molar-refractivity contribution is 5.51. The van der Waals surface area contributed by atoms with Gasteiger partial charge < -0.3 is 15.0 Å². The summed E-state index contributed by atoms with van der Waals surface area (Å²) in [6, 6.07) is 16.9. The van der Waals surface area contributed by atoms with E-state index >= 15 is 0 Å². The van der Waals surface area contributed by atoms with E-state index in [4.69, 9.17) is 4.74 Å². The van der Waals surface area contributed by atoms with E-state index < -0.39 is 0 Å². The van der Waals surface area contributed by atoms with Crippen LogP contribution in [-0.4, -0.2) is 36.3 Å². The molecule has 0 saturated carbocycles. The van der Waals surface area contributed by atoms with Gasteiger partial charge in [-0.2, -0.15) is 0 Å². The molecule has 0 radical (unpaired) electrons. The molecule has 1 aliphatic rings. The Morgan fingerprint density at radius 3 is 2.41 bits per heavy atom. The van der Waals surface area contributed by atoms with Gasteiger partial charge in [0, 0.05) is 13.1 Å². The van der Waals surface area contributed by atoms with Gasteiger partial charge in [0.2, 0.25) is 0 Å². The third kappa shape index (κ3) is 4.23. The molecule has 0 amide bonds. The first-order valence-corrected chi connectivity index (χ1v) is 9.01. The van der Waals surface area contributed by atoms with E-state index in [1.165, 1.54) is 12.3 Å². The number of rotatable bonds is 5. The molecular weight excluding hydrogens is 343 g/mol. The first kappa shape index (κ1) is 17.4. The van der Waals surface area contributed by atoms with Gasteiger partial charge in [-0.1, -0.05) is 30.3 Å². The van der Waals surface area contributed by atoms with Crippen LogP contribution in [0.5, 0.6) is 0 Å². The Bertz CT molecular complexity index is 850. The highest BCUT2D eigenvalue weighted by atomic mass is 19.1. The van der Waals surface area contributed by atoms with E-state index in [1.807, 2.05) is 42.6 Å². The lowest BCUT2D eigenvalue weighted by molar-refractivity contribution is 0.122. The lowest BCUT2D eigenvalue weighted by atomic mass is 10.0. The molecule has 0 aliphatic carbocycles. The van der Waals surface area contributed by atoms with Crippen molar-refractivity contribution in [3.05, 3.63) is 84.1 Å². The lowest BCUT2D eigenvalue weighted by Crippen LogP contribution is -2.36. The Morgan fingerprint density at radius 2 is 1.74 bits per heavy atom. The van der Waals surface area contributed by atoms with Gasteiger partial charge in [0.25, 0.3) is 0 Å². The van der Waals surface area contributed by atoms with Crippen LogP contribution < -0.4 is 10.2 Å². The largest absolute Gasteiger partial charge is 0.378 e. The fourth-order valence-electron chi connectivity index (χ4n) is 3.16. The van der Waals surface area contributed by atoms with Crippen LogP contribution in [0.15, 0.2) is 67.0 Å². The molecular formula is C21H21FN4O. The van der Waals surface area contributed by atoms with Crippen molar-refractivity contribution in [1.29, 1.82) is 0 Å². The number of anilines is 2. The molecule has 1 aliphatic heterocycles. The van der Waals surface area contributed by atoms with Gasteiger partial charge in [-0.25, -0.2) is 9.37 Å². The molecule has 1 fully saturated rings. The number of aromatic nitrogens is 2. The molecule has 1 saturated heterocycles. The van der Waals surface area contributed by atoms with Crippen LogP contribution in [0.4, 0.5) is 15.9 Å². The van der Waals surface area contributed by atoms with Crippen molar-refractivity contribution in [3.8, 4) is 0 Å². The number of ether oxygens (including phenoxy) is 1. The number of benzene rings is 1. The Morgan fingerprint density at radius 1 is 0.926 bits per heavy atom. The van der Waals surface area contributed by atoms with Crippen LogP contribution in [0.2, 0.25) is 0 Å². The van der Waals surface area contributed by atoms with Gasteiger partial charge in [0.15, 0.2) is 0 Å². The van der Waals surface area contributed by atoms with Gasteiger partial charge in [-0.3, -0.25) is 4.98 Å². The first-order chi connectivity index (χ1) is 13.3. The van der Waals surface area contributed by atoms with Crippen molar-refractivity contribution in [2.45, 2.75) is 6.04 Å². The van der Waals surface area contributed by atoms with Gasteiger partial charge in [-0.15, -0.1) is 0 Å². The third-order valence-corrected chi connectivity index (χ3v) is 4.60. The number of nitrogens with zero attached hydrogens (tertiary/aromatic N) is 3. The molecule has 4 rings (SSSR count). The van der Waals surface area contributed by atoms with Crippen molar-refractivity contribution in [2.75, 3.05) is 36.5 Å². The van der Waals surface area contributed by atoms with E-state index in [1.54, 1.807) is 6.07 Å². The van der Waals surface area contributed by atoms with Crippen molar-refractivity contribution < 1.29 is 9.13 Å². The molecule has 27 heavy (non-hydrogen) atoms. The summed E-state index contributed by atoms with van der Waals surface area (Å²) < 4.78 is 18.7. The van der Waals surface area contributed by atoms with Crippen LogP contribution in [0.3, 0.4) is 0 Å². The first-order valence-electron chi connectivity index (χ1n) is 9.01. The minimum absolute atomic E-state index is 0.214. The number of hydrogen-bond acceptors (Lipinski definition) is 5. The summed E-state index contributed by atoms with van der Waals surface area (Å²) in [6.45, 7) is 3.24. The molecule has 0 bridgehead atoms. The average Bonchev–Trinajstić information content (AvgIpc) is 2.74. The Balaban J connectivity index is 1.57. The number of hydrogen-bond donors (Lipinski definition) is 1. The Labute approximate surface area is 157 Å². The average molecular weight is 364 g/mol. The second-order valence-corrected chi connectivity index (χ2v) is 6.39. The van der Waals surface area contributed by atoms with Crippen molar-refractivity contribution >= 4 is 11.5 Å². The number of morpholine rings is 1. The number of pyridine rings is 2. The molecule has 6 heteroatoms.